The van der Waals surface area contributed by atoms with Crippen molar-refractivity contribution in [1.82, 2.24) is 4.98 Å². The Labute approximate surface area is 144 Å². The van der Waals surface area contributed by atoms with Crippen LogP contribution >= 0.6 is 11.6 Å². The predicted molar refractivity (Wildman–Crippen MR) is 91.6 cm³/mol. The van der Waals surface area contributed by atoms with E-state index in [-0.39, 0.29) is 11.6 Å². The molecule has 1 aliphatic heterocycles. The summed E-state index contributed by atoms with van der Waals surface area (Å²) < 4.78 is 0. The highest BCUT2D eigenvalue weighted by molar-refractivity contribution is 6.33. The van der Waals surface area contributed by atoms with Crippen molar-refractivity contribution in [1.29, 1.82) is 5.26 Å². The lowest BCUT2D eigenvalue weighted by molar-refractivity contribution is 0.0696. The van der Waals surface area contributed by atoms with Gasteiger partial charge in [0.25, 0.3) is 0 Å². The van der Waals surface area contributed by atoms with E-state index in [1.54, 1.807) is 6.07 Å². The molecule has 0 spiro atoms. The molecule has 2 aromatic rings. The number of anilines is 2. The van der Waals surface area contributed by atoms with E-state index in [9.17, 15) is 4.79 Å². The normalized spacial score (nSPS) is 16.7. The van der Waals surface area contributed by atoms with Gasteiger partial charge in [-0.1, -0.05) is 17.7 Å². The number of carbonyl (C=O) groups is 1. The van der Waals surface area contributed by atoms with Crippen molar-refractivity contribution in [2.45, 2.75) is 12.5 Å². The molecule has 2 heterocycles. The van der Waals surface area contributed by atoms with Gasteiger partial charge in [0.2, 0.25) is 0 Å². The molecule has 1 unspecified atom stereocenters. The van der Waals surface area contributed by atoms with Crippen LogP contribution in [0.25, 0.3) is 0 Å². The first-order valence-electron chi connectivity index (χ1n) is 7.47. The number of nitriles is 1. The Morgan fingerprint density at radius 3 is 3.00 bits per heavy atom. The third-order valence-corrected chi connectivity index (χ3v) is 4.20. The van der Waals surface area contributed by atoms with Crippen LogP contribution in [0.4, 0.5) is 11.5 Å². The van der Waals surface area contributed by atoms with Crippen molar-refractivity contribution in [3.8, 4) is 6.07 Å². The highest BCUT2D eigenvalue weighted by Gasteiger charge is 2.25. The lowest BCUT2D eigenvalue weighted by Gasteiger charge is -2.19. The number of halogens is 1. The molecular weight excluding hydrogens is 328 g/mol. The number of aromatic carboxylic acids is 1. The average Bonchev–Trinajstić information content (AvgIpc) is 3.03. The second-order valence-electron chi connectivity index (χ2n) is 5.60. The van der Waals surface area contributed by atoms with Crippen molar-refractivity contribution in [2.24, 2.45) is 0 Å². The van der Waals surface area contributed by atoms with Gasteiger partial charge in [-0.05, 0) is 30.7 Å². The van der Waals surface area contributed by atoms with Crippen molar-refractivity contribution in [2.75, 3.05) is 23.3 Å². The summed E-state index contributed by atoms with van der Waals surface area (Å²) in [6.07, 6.45) is 2.22. The smallest absolute Gasteiger partial charge is 0.337 e. The number of hydrogen-bond donors (Lipinski definition) is 2. The first kappa shape index (κ1) is 16.1. The number of nitrogens with zero attached hydrogens (tertiary/aromatic N) is 3. The van der Waals surface area contributed by atoms with Crippen molar-refractivity contribution in [3.63, 3.8) is 0 Å². The zero-order valence-corrected chi connectivity index (χ0v) is 13.5. The molecule has 0 bridgehead atoms. The monoisotopic (exact) mass is 342 g/mol. The van der Waals surface area contributed by atoms with E-state index in [0.29, 0.717) is 22.9 Å². The second kappa shape index (κ2) is 6.77. The molecule has 7 heteroatoms. The Hall–Kier alpha value is -2.78. The quantitative estimate of drug-likeness (QED) is 0.887. The molecule has 0 amide bonds. The van der Waals surface area contributed by atoms with E-state index in [2.05, 4.69) is 16.4 Å². The summed E-state index contributed by atoms with van der Waals surface area (Å²) in [5.41, 5.74) is 1.59. The van der Waals surface area contributed by atoms with E-state index in [1.807, 2.05) is 23.1 Å². The van der Waals surface area contributed by atoms with E-state index in [1.165, 1.54) is 12.3 Å². The Balaban J connectivity index is 1.69. The number of carboxylic acids is 1. The van der Waals surface area contributed by atoms with Gasteiger partial charge in [-0.15, -0.1) is 0 Å². The SMILES string of the molecule is N#Cc1cccc(NC2CCN(c3ncc(C(=O)O)cc3Cl)C2)c1. The summed E-state index contributed by atoms with van der Waals surface area (Å²) in [5.74, 6) is -0.453. The Kier molecular flexibility index (Phi) is 4.54. The average molecular weight is 343 g/mol. The molecule has 1 aromatic carbocycles. The van der Waals surface area contributed by atoms with Crippen LogP contribution in [-0.2, 0) is 0 Å². The Bertz CT molecular complexity index is 818. The topological polar surface area (TPSA) is 89.3 Å². The summed E-state index contributed by atoms with van der Waals surface area (Å²) in [6, 6.07) is 11.1. The molecule has 3 rings (SSSR count). The molecule has 2 N–H and O–H groups in total. The Morgan fingerprint density at radius 2 is 2.29 bits per heavy atom. The number of carboxylic acid groups (broad SMARTS) is 1. The summed E-state index contributed by atoms with van der Waals surface area (Å²) in [4.78, 5) is 17.2. The molecule has 1 aliphatic rings. The fourth-order valence-corrected chi connectivity index (χ4v) is 3.05. The van der Waals surface area contributed by atoms with Gasteiger partial charge in [-0.2, -0.15) is 5.26 Å². The van der Waals surface area contributed by atoms with E-state index in [0.717, 1.165) is 18.7 Å². The molecule has 1 fully saturated rings. The third kappa shape index (κ3) is 3.42. The lowest BCUT2D eigenvalue weighted by Crippen LogP contribution is -2.26. The molecule has 1 saturated heterocycles. The third-order valence-electron chi connectivity index (χ3n) is 3.92. The molecule has 24 heavy (non-hydrogen) atoms. The maximum atomic E-state index is 10.9. The molecule has 122 valence electrons. The maximum Gasteiger partial charge on any atom is 0.337 e. The fourth-order valence-electron chi connectivity index (χ4n) is 2.77. The number of pyridine rings is 1. The zero-order valence-electron chi connectivity index (χ0n) is 12.7. The number of benzene rings is 1. The van der Waals surface area contributed by atoms with Crippen LogP contribution in [-0.4, -0.2) is 35.2 Å². The van der Waals surface area contributed by atoms with Crippen LogP contribution in [0, 0.1) is 11.3 Å². The van der Waals surface area contributed by atoms with Gasteiger partial charge in [-0.25, -0.2) is 9.78 Å². The highest BCUT2D eigenvalue weighted by Crippen LogP contribution is 2.28. The molecule has 0 saturated carbocycles. The minimum absolute atomic E-state index is 0.0749. The first-order valence-corrected chi connectivity index (χ1v) is 7.85. The Morgan fingerprint density at radius 1 is 1.46 bits per heavy atom. The van der Waals surface area contributed by atoms with E-state index >= 15 is 0 Å². The van der Waals surface area contributed by atoms with Crippen molar-refractivity contribution >= 4 is 29.1 Å². The second-order valence-corrected chi connectivity index (χ2v) is 6.01. The van der Waals surface area contributed by atoms with Gasteiger partial charge in [0.1, 0.15) is 5.82 Å². The first-order chi connectivity index (χ1) is 11.6. The summed E-state index contributed by atoms with van der Waals surface area (Å²) in [7, 11) is 0. The van der Waals surface area contributed by atoms with Gasteiger partial charge < -0.3 is 15.3 Å². The zero-order chi connectivity index (χ0) is 17.1. The van der Waals surface area contributed by atoms with Gasteiger partial charge in [0.05, 0.1) is 22.2 Å². The minimum Gasteiger partial charge on any atom is -0.478 e. The van der Waals surface area contributed by atoms with Gasteiger partial charge in [-0.3, -0.25) is 0 Å². The largest absolute Gasteiger partial charge is 0.478 e. The van der Waals surface area contributed by atoms with Crippen LogP contribution in [0.15, 0.2) is 36.5 Å². The molecule has 1 atom stereocenters. The van der Waals surface area contributed by atoms with E-state index in [4.69, 9.17) is 22.0 Å². The van der Waals surface area contributed by atoms with Gasteiger partial charge in [0, 0.05) is 31.0 Å². The van der Waals surface area contributed by atoms with Crippen LogP contribution in [0.2, 0.25) is 5.02 Å². The molecule has 0 radical (unpaired) electrons. The molecular formula is C17H15ClN4O2. The summed E-state index contributed by atoms with van der Waals surface area (Å²) >= 11 is 6.18. The molecule has 6 nitrogen and oxygen atoms in total. The number of hydrogen-bond acceptors (Lipinski definition) is 5. The summed E-state index contributed by atoms with van der Waals surface area (Å²) in [5, 5.41) is 21.7. The maximum absolute atomic E-state index is 10.9. The number of aromatic nitrogens is 1. The van der Waals surface area contributed by atoms with Gasteiger partial charge >= 0.3 is 5.97 Å². The van der Waals surface area contributed by atoms with Gasteiger partial charge in [0.15, 0.2) is 0 Å². The minimum atomic E-state index is -1.05. The van der Waals surface area contributed by atoms with Crippen LogP contribution < -0.4 is 10.2 Å². The fraction of sp³-hybridized carbons (Fsp3) is 0.235. The van der Waals surface area contributed by atoms with Crippen molar-refractivity contribution < 1.29 is 9.90 Å². The predicted octanol–water partition coefficient (Wildman–Crippen LogP) is 3.00. The molecule has 0 aliphatic carbocycles. The molecule has 1 aromatic heterocycles. The van der Waals surface area contributed by atoms with Crippen molar-refractivity contribution in [3.05, 3.63) is 52.7 Å². The lowest BCUT2D eigenvalue weighted by atomic mass is 10.2. The van der Waals surface area contributed by atoms with Crippen LogP contribution in [0.1, 0.15) is 22.3 Å². The number of rotatable bonds is 4. The standard InChI is InChI=1S/C17H15ClN4O2/c18-15-7-12(17(23)24)9-20-16(15)22-5-4-14(10-22)21-13-3-1-2-11(6-13)8-19/h1-3,6-7,9,14,21H,4-5,10H2,(H,23,24). The highest BCUT2D eigenvalue weighted by atomic mass is 35.5. The van der Waals surface area contributed by atoms with E-state index < -0.39 is 5.97 Å². The van der Waals surface area contributed by atoms with Crippen LogP contribution in [0.3, 0.4) is 0 Å². The van der Waals surface area contributed by atoms with Crippen LogP contribution in [0.5, 0.6) is 0 Å². The number of nitrogens with one attached hydrogen (secondary N) is 1. The summed E-state index contributed by atoms with van der Waals surface area (Å²) in [6.45, 7) is 1.48.